The predicted octanol–water partition coefficient (Wildman–Crippen LogP) is 2.50. The quantitative estimate of drug-likeness (QED) is 0.642. The fraction of sp³-hybridized carbons (Fsp3) is 0.438. The van der Waals surface area contributed by atoms with Crippen molar-refractivity contribution < 1.29 is 4.79 Å². The summed E-state index contributed by atoms with van der Waals surface area (Å²) >= 11 is 5.31. The molecule has 5 nitrogen and oxygen atoms in total. The molecule has 1 saturated heterocycles. The van der Waals surface area contributed by atoms with Crippen LogP contribution in [0.15, 0.2) is 36.7 Å². The molecule has 0 N–H and O–H groups in total. The number of Topliss-reactive ketones (excluding diaryl/α,β-unsaturated/α-hetero) is 1. The molecule has 6 heteroatoms. The van der Waals surface area contributed by atoms with Gasteiger partial charge in [0.15, 0.2) is 10.6 Å². The molecule has 0 atom stereocenters. The maximum absolute atomic E-state index is 12.5. The van der Waals surface area contributed by atoms with Gasteiger partial charge >= 0.3 is 0 Å². The molecule has 0 amide bonds. The molecule has 116 valence electrons. The number of aromatic nitrogens is 3. The van der Waals surface area contributed by atoms with Crippen molar-refractivity contribution in [2.75, 3.05) is 13.1 Å². The number of carbonyl (C=O) groups excluding carboxylic acids is 1. The van der Waals surface area contributed by atoms with Crippen molar-refractivity contribution in [1.82, 2.24) is 19.2 Å². The zero-order valence-electron chi connectivity index (χ0n) is 12.7. The Morgan fingerprint density at radius 2 is 1.95 bits per heavy atom. The molecular weight excluding hydrogens is 296 g/mol. The monoisotopic (exact) mass is 316 g/mol. The van der Waals surface area contributed by atoms with Gasteiger partial charge in [0.25, 0.3) is 0 Å². The Morgan fingerprint density at radius 3 is 2.55 bits per heavy atom. The summed E-state index contributed by atoms with van der Waals surface area (Å²) in [6, 6.07) is 9.59. The van der Waals surface area contributed by atoms with Crippen molar-refractivity contribution in [1.29, 1.82) is 0 Å². The number of hydrogen-bond donors (Lipinski definition) is 0. The summed E-state index contributed by atoms with van der Waals surface area (Å²) in [4.78, 5) is 14.8. The topological polar surface area (TPSA) is 43.1 Å². The molecule has 1 aliphatic heterocycles. The normalized spacial score (nSPS) is 16.8. The average molecular weight is 316 g/mol. The number of benzene rings is 1. The van der Waals surface area contributed by atoms with Crippen molar-refractivity contribution in [2.24, 2.45) is 13.0 Å². The van der Waals surface area contributed by atoms with Crippen LogP contribution in [-0.4, -0.2) is 38.1 Å². The minimum absolute atomic E-state index is 0.135. The van der Waals surface area contributed by atoms with E-state index in [1.165, 1.54) is 0 Å². The highest BCUT2D eigenvalue weighted by atomic mass is 32.1. The third-order valence-corrected chi connectivity index (χ3v) is 4.74. The van der Waals surface area contributed by atoms with E-state index >= 15 is 0 Å². The predicted molar refractivity (Wildman–Crippen MR) is 87.1 cm³/mol. The lowest BCUT2D eigenvalue weighted by Crippen LogP contribution is -2.37. The lowest BCUT2D eigenvalue weighted by molar-refractivity contribution is 0.0803. The summed E-state index contributed by atoms with van der Waals surface area (Å²) in [5.74, 6) is 0.407. The molecule has 2 aromatic rings. The van der Waals surface area contributed by atoms with E-state index in [-0.39, 0.29) is 11.7 Å². The van der Waals surface area contributed by atoms with Crippen LogP contribution in [0.3, 0.4) is 0 Å². The Labute approximate surface area is 135 Å². The summed E-state index contributed by atoms with van der Waals surface area (Å²) < 4.78 is 4.39. The molecule has 3 rings (SSSR count). The summed E-state index contributed by atoms with van der Waals surface area (Å²) in [7, 11) is 1.90. The highest BCUT2D eigenvalue weighted by molar-refractivity contribution is 7.71. The van der Waals surface area contributed by atoms with Gasteiger partial charge in [-0.25, -0.2) is 4.68 Å². The first-order valence-electron chi connectivity index (χ1n) is 7.55. The summed E-state index contributed by atoms with van der Waals surface area (Å²) in [6.07, 6.45) is 3.52. The van der Waals surface area contributed by atoms with Gasteiger partial charge in [0.05, 0.1) is 6.67 Å². The highest BCUT2D eigenvalue weighted by Gasteiger charge is 2.25. The second-order valence-electron chi connectivity index (χ2n) is 5.79. The molecule has 0 spiro atoms. The smallest absolute Gasteiger partial charge is 0.198 e. The fourth-order valence-corrected chi connectivity index (χ4v) is 3.03. The maximum atomic E-state index is 12.5. The molecule has 22 heavy (non-hydrogen) atoms. The van der Waals surface area contributed by atoms with Crippen LogP contribution in [0.5, 0.6) is 0 Å². The van der Waals surface area contributed by atoms with E-state index in [1.54, 1.807) is 6.33 Å². The van der Waals surface area contributed by atoms with E-state index in [0.717, 1.165) is 36.3 Å². The van der Waals surface area contributed by atoms with Crippen LogP contribution in [0.4, 0.5) is 0 Å². The number of likely N-dealkylation sites (tertiary alicyclic amines) is 1. The van der Waals surface area contributed by atoms with Gasteiger partial charge < -0.3 is 4.57 Å². The SMILES string of the molecule is Cn1cnn(CN2CCC(C(=O)c3ccccc3)CC2)c1=S. The second kappa shape index (κ2) is 6.54. The molecule has 2 heterocycles. The van der Waals surface area contributed by atoms with E-state index in [2.05, 4.69) is 10.00 Å². The molecule has 1 aromatic carbocycles. The zero-order valence-corrected chi connectivity index (χ0v) is 13.5. The third-order valence-electron chi connectivity index (χ3n) is 4.24. The molecular formula is C16H20N4OS. The lowest BCUT2D eigenvalue weighted by Gasteiger charge is -2.30. The molecule has 1 fully saturated rings. The Kier molecular flexibility index (Phi) is 4.49. The van der Waals surface area contributed by atoms with Gasteiger partial charge in [-0.1, -0.05) is 30.3 Å². The lowest BCUT2D eigenvalue weighted by atomic mass is 9.89. The number of rotatable bonds is 4. The number of ketones is 1. The van der Waals surface area contributed by atoms with Gasteiger partial charge in [-0.2, -0.15) is 5.10 Å². The summed E-state index contributed by atoms with van der Waals surface area (Å²) in [5, 5.41) is 4.28. The molecule has 0 bridgehead atoms. The number of nitrogens with zero attached hydrogens (tertiary/aromatic N) is 4. The standard InChI is InChI=1S/C16H20N4OS/c1-18-11-17-20(16(18)22)12-19-9-7-14(8-10-19)15(21)13-5-3-2-4-6-13/h2-6,11,14H,7-10,12H2,1H3. The molecule has 1 aromatic heterocycles. The summed E-state index contributed by atoms with van der Waals surface area (Å²) in [6.45, 7) is 2.51. The van der Waals surface area contributed by atoms with Crippen molar-refractivity contribution in [3.8, 4) is 0 Å². The van der Waals surface area contributed by atoms with E-state index in [1.807, 2.05) is 46.6 Å². The first kappa shape index (κ1) is 15.1. The zero-order chi connectivity index (χ0) is 15.5. The van der Waals surface area contributed by atoms with Crippen LogP contribution in [0, 0.1) is 10.7 Å². The van der Waals surface area contributed by atoms with Crippen LogP contribution >= 0.6 is 12.2 Å². The minimum Gasteiger partial charge on any atom is -0.310 e. The van der Waals surface area contributed by atoms with E-state index in [4.69, 9.17) is 12.2 Å². The molecule has 0 saturated carbocycles. The first-order chi connectivity index (χ1) is 10.6. The molecule has 0 unspecified atom stereocenters. The number of carbonyl (C=O) groups is 1. The average Bonchev–Trinajstić information content (AvgIpc) is 2.88. The largest absolute Gasteiger partial charge is 0.310 e. The van der Waals surface area contributed by atoms with Crippen LogP contribution in [0.25, 0.3) is 0 Å². The van der Waals surface area contributed by atoms with Gasteiger partial charge in [0, 0.05) is 31.6 Å². The van der Waals surface area contributed by atoms with Gasteiger partial charge in [0.1, 0.15) is 6.33 Å². The van der Waals surface area contributed by atoms with Crippen molar-refractivity contribution >= 4 is 18.0 Å². The van der Waals surface area contributed by atoms with Gasteiger partial charge in [-0.15, -0.1) is 0 Å². The highest BCUT2D eigenvalue weighted by Crippen LogP contribution is 2.22. The van der Waals surface area contributed by atoms with Crippen LogP contribution in [0.1, 0.15) is 23.2 Å². The summed E-state index contributed by atoms with van der Waals surface area (Å²) in [5.41, 5.74) is 0.827. The number of aryl methyl sites for hydroxylation is 1. The Bertz CT molecular complexity index is 698. The Balaban J connectivity index is 1.57. The molecule has 0 aliphatic carbocycles. The molecule has 1 aliphatic rings. The van der Waals surface area contributed by atoms with Gasteiger partial charge in [-0.05, 0) is 25.1 Å². The maximum Gasteiger partial charge on any atom is 0.198 e. The Morgan fingerprint density at radius 1 is 1.27 bits per heavy atom. The van der Waals surface area contributed by atoms with Crippen molar-refractivity contribution in [2.45, 2.75) is 19.5 Å². The minimum atomic E-state index is 0.135. The van der Waals surface area contributed by atoms with Crippen molar-refractivity contribution in [3.05, 3.63) is 47.0 Å². The van der Waals surface area contributed by atoms with Gasteiger partial charge in [0.2, 0.25) is 0 Å². The fourth-order valence-electron chi connectivity index (χ4n) is 2.88. The van der Waals surface area contributed by atoms with Crippen LogP contribution in [-0.2, 0) is 13.7 Å². The van der Waals surface area contributed by atoms with E-state index in [9.17, 15) is 4.79 Å². The van der Waals surface area contributed by atoms with Crippen molar-refractivity contribution in [3.63, 3.8) is 0 Å². The molecule has 0 radical (unpaired) electrons. The van der Waals surface area contributed by atoms with Crippen LogP contribution in [0.2, 0.25) is 0 Å². The van der Waals surface area contributed by atoms with E-state index < -0.39 is 0 Å². The number of hydrogen-bond acceptors (Lipinski definition) is 4. The van der Waals surface area contributed by atoms with E-state index in [0.29, 0.717) is 6.67 Å². The van der Waals surface area contributed by atoms with Gasteiger partial charge in [-0.3, -0.25) is 9.69 Å². The first-order valence-corrected chi connectivity index (χ1v) is 7.96. The number of piperidine rings is 1. The Hall–Kier alpha value is -1.79. The second-order valence-corrected chi connectivity index (χ2v) is 6.15. The van der Waals surface area contributed by atoms with Crippen LogP contribution < -0.4 is 0 Å². The third kappa shape index (κ3) is 3.18.